The first-order valence-corrected chi connectivity index (χ1v) is 10.9. The molecule has 0 fully saturated rings. The quantitative estimate of drug-likeness (QED) is 0.305. The third-order valence-corrected chi connectivity index (χ3v) is 5.48. The van der Waals surface area contributed by atoms with Crippen LogP contribution in [-0.4, -0.2) is 30.3 Å². The van der Waals surface area contributed by atoms with Gasteiger partial charge >= 0.3 is 6.18 Å². The summed E-state index contributed by atoms with van der Waals surface area (Å²) in [6.07, 6.45) is -3.15. The van der Waals surface area contributed by atoms with Gasteiger partial charge in [-0.1, -0.05) is 35.9 Å². The molecule has 36 heavy (non-hydrogen) atoms. The number of carbonyl (C=O) groups excluding carboxylic acids is 1. The molecule has 182 valence electrons. The van der Waals surface area contributed by atoms with E-state index in [4.69, 9.17) is 11.6 Å². The number of benzene rings is 2. The number of anilines is 1. The van der Waals surface area contributed by atoms with Crippen molar-refractivity contribution in [2.45, 2.75) is 12.7 Å². The lowest BCUT2D eigenvalue weighted by atomic mass is 10.1. The van der Waals surface area contributed by atoms with Crippen LogP contribution in [-0.2, 0) is 12.7 Å². The van der Waals surface area contributed by atoms with E-state index in [0.717, 1.165) is 11.6 Å². The van der Waals surface area contributed by atoms with Crippen molar-refractivity contribution in [2.24, 2.45) is 0 Å². The fourth-order valence-corrected chi connectivity index (χ4v) is 3.66. The van der Waals surface area contributed by atoms with Crippen LogP contribution in [0.1, 0.15) is 21.7 Å². The number of rotatable bonds is 5. The van der Waals surface area contributed by atoms with E-state index in [0.29, 0.717) is 21.6 Å². The summed E-state index contributed by atoms with van der Waals surface area (Å²) in [6.45, 7) is 0.330. The molecule has 0 bridgehead atoms. The molecular formula is C24H15ClF4N6O. The fourth-order valence-electron chi connectivity index (χ4n) is 3.53. The number of aromatic nitrogens is 5. The summed E-state index contributed by atoms with van der Waals surface area (Å²) < 4.78 is 56.6. The van der Waals surface area contributed by atoms with Gasteiger partial charge in [0.05, 0.1) is 12.2 Å². The Bertz CT molecular complexity index is 1560. The van der Waals surface area contributed by atoms with Crippen LogP contribution < -0.4 is 5.32 Å². The zero-order valence-electron chi connectivity index (χ0n) is 18.2. The first-order chi connectivity index (χ1) is 17.2. The van der Waals surface area contributed by atoms with Crippen molar-refractivity contribution in [1.82, 2.24) is 24.4 Å². The Labute approximate surface area is 206 Å². The molecule has 2 aromatic carbocycles. The van der Waals surface area contributed by atoms with Crippen LogP contribution in [0, 0.1) is 5.82 Å². The van der Waals surface area contributed by atoms with E-state index in [-0.39, 0.29) is 28.7 Å². The maximum absolute atomic E-state index is 13.8. The second-order valence-electron chi connectivity index (χ2n) is 7.81. The van der Waals surface area contributed by atoms with E-state index < -0.39 is 17.8 Å². The highest BCUT2D eigenvalue weighted by molar-refractivity contribution is 6.30. The molecule has 0 atom stereocenters. The lowest BCUT2D eigenvalue weighted by Gasteiger charge is -2.11. The predicted molar refractivity (Wildman–Crippen MR) is 124 cm³/mol. The van der Waals surface area contributed by atoms with Crippen molar-refractivity contribution in [2.75, 3.05) is 5.32 Å². The number of carbonyl (C=O) groups is 1. The number of halogens is 5. The lowest BCUT2D eigenvalue weighted by Crippen LogP contribution is -2.16. The zero-order valence-corrected chi connectivity index (χ0v) is 18.9. The highest BCUT2D eigenvalue weighted by Gasteiger charge is 2.35. The van der Waals surface area contributed by atoms with E-state index in [1.165, 1.54) is 28.9 Å². The highest BCUT2D eigenvalue weighted by Crippen LogP contribution is 2.32. The first-order valence-electron chi connectivity index (χ1n) is 10.5. The average molecular weight is 515 g/mol. The van der Waals surface area contributed by atoms with E-state index in [9.17, 15) is 22.4 Å². The van der Waals surface area contributed by atoms with Gasteiger partial charge in [0.25, 0.3) is 5.91 Å². The van der Waals surface area contributed by atoms with Gasteiger partial charge in [0.2, 0.25) is 0 Å². The van der Waals surface area contributed by atoms with Crippen molar-refractivity contribution in [3.05, 3.63) is 101 Å². The minimum absolute atomic E-state index is 0.0536. The Hall–Kier alpha value is -4.25. The summed E-state index contributed by atoms with van der Waals surface area (Å²) >= 11 is 5.87. The van der Waals surface area contributed by atoms with Crippen LogP contribution in [0.15, 0.2) is 72.9 Å². The minimum atomic E-state index is -4.75. The molecule has 0 saturated carbocycles. The van der Waals surface area contributed by atoms with Gasteiger partial charge in [0, 0.05) is 28.9 Å². The zero-order chi connectivity index (χ0) is 25.4. The second-order valence-corrected chi connectivity index (χ2v) is 8.25. The number of amides is 1. The molecule has 0 aliphatic carbocycles. The number of nitrogens with zero attached hydrogens (tertiary/aromatic N) is 5. The molecule has 0 saturated heterocycles. The highest BCUT2D eigenvalue weighted by atomic mass is 35.5. The molecule has 0 radical (unpaired) electrons. The van der Waals surface area contributed by atoms with Gasteiger partial charge in [-0.2, -0.15) is 23.4 Å². The Morgan fingerprint density at radius 2 is 1.69 bits per heavy atom. The predicted octanol–water partition coefficient (Wildman–Crippen LogP) is 5.70. The summed E-state index contributed by atoms with van der Waals surface area (Å²) in [5, 5.41) is 11.0. The number of alkyl halides is 3. The number of fused-ring (bicyclic) bond motifs is 1. The van der Waals surface area contributed by atoms with Crippen LogP contribution in [0.25, 0.3) is 16.9 Å². The molecule has 0 spiro atoms. The summed E-state index contributed by atoms with van der Waals surface area (Å²) in [7, 11) is 0. The molecule has 5 rings (SSSR count). The van der Waals surface area contributed by atoms with E-state index >= 15 is 0 Å². The van der Waals surface area contributed by atoms with E-state index in [1.54, 1.807) is 42.6 Å². The summed E-state index contributed by atoms with van der Waals surface area (Å²) in [4.78, 5) is 17.0. The van der Waals surface area contributed by atoms with Gasteiger partial charge < -0.3 is 5.32 Å². The molecule has 3 aromatic heterocycles. The molecule has 1 amide bonds. The third kappa shape index (κ3) is 4.91. The molecule has 5 aromatic rings. The SMILES string of the molecule is O=C(Nc1ccn(Cc2ccc(F)cc2)n1)c1cc2nc(-c3ccc(Cl)cc3)cc(C(F)(F)F)n2n1. The molecule has 3 heterocycles. The average Bonchev–Trinajstić information content (AvgIpc) is 3.46. The van der Waals surface area contributed by atoms with Crippen LogP contribution in [0.2, 0.25) is 5.02 Å². The van der Waals surface area contributed by atoms with Crippen LogP contribution in [0.3, 0.4) is 0 Å². The first kappa shape index (κ1) is 23.5. The van der Waals surface area contributed by atoms with Gasteiger partial charge in [-0.25, -0.2) is 13.9 Å². The maximum Gasteiger partial charge on any atom is 0.433 e. The Balaban J connectivity index is 1.42. The van der Waals surface area contributed by atoms with E-state index in [1.807, 2.05) is 0 Å². The molecule has 0 aliphatic heterocycles. The van der Waals surface area contributed by atoms with Gasteiger partial charge in [-0.3, -0.25) is 9.48 Å². The summed E-state index contributed by atoms with van der Waals surface area (Å²) in [5.41, 5.74) is -0.236. The monoisotopic (exact) mass is 514 g/mol. The number of hydrogen-bond acceptors (Lipinski definition) is 4. The number of hydrogen-bond donors (Lipinski definition) is 1. The van der Waals surface area contributed by atoms with Crippen molar-refractivity contribution in [3.8, 4) is 11.3 Å². The number of nitrogens with one attached hydrogen (secondary N) is 1. The standard InChI is InChI=1S/C24H15ClF4N6O/c25-16-5-3-15(4-6-16)18-11-20(24(27,28)29)35-22(30-18)12-19(32-35)23(36)31-21-9-10-34(33-21)13-14-1-7-17(26)8-2-14/h1-12H,13H2,(H,31,33,36). The molecular weight excluding hydrogens is 500 g/mol. The van der Waals surface area contributed by atoms with E-state index in [2.05, 4.69) is 20.5 Å². The Morgan fingerprint density at radius 3 is 2.39 bits per heavy atom. The Morgan fingerprint density at radius 1 is 0.972 bits per heavy atom. The van der Waals surface area contributed by atoms with Gasteiger partial charge in [-0.05, 0) is 35.9 Å². The summed E-state index contributed by atoms with van der Waals surface area (Å²) in [6, 6.07) is 15.6. The molecule has 12 heteroatoms. The van der Waals surface area contributed by atoms with Crippen molar-refractivity contribution in [1.29, 1.82) is 0 Å². The van der Waals surface area contributed by atoms with Crippen LogP contribution >= 0.6 is 11.6 Å². The summed E-state index contributed by atoms with van der Waals surface area (Å²) in [5.74, 6) is -0.943. The Kier molecular flexibility index (Phi) is 5.92. The van der Waals surface area contributed by atoms with Crippen molar-refractivity contribution < 1.29 is 22.4 Å². The molecule has 1 N–H and O–H groups in total. The minimum Gasteiger partial charge on any atom is -0.304 e. The second kappa shape index (κ2) is 9.08. The normalized spacial score (nSPS) is 11.7. The van der Waals surface area contributed by atoms with Crippen LogP contribution in [0.5, 0.6) is 0 Å². The lowest BCUT2D eigenvalue weighted by molar-refractivity contribution is -0.142. The molecule has 0 unspecified atom stereocenters. The third-order valence-electron chi connectivity index (χ3n) is 5.23. The van der Waals surface area contributed by atoms with Crippen molar-refractivity contribution >= 4 is 29.0 Å². The molecule has 0 aliphatic rings. The smallest absolute Gasteiger partial charge is 0.304 e. The van der Waals surface area contributed by atoms with Crippen molar-refractivity contribution in [3.63, 3.8) is 0 Å². The van der Waals surface area contributed by atoms with Gasteiger partial charge in [0.1, 0.15) is 5.82 Å². The topological polar surface area (TPSA) is 77.1 Å². The molecule has 7 nitrogen and oxygen atoms in total. The van der Waals surface area contributed by atoms with Gasteiger partial charge in [-0.15, -0.1) is 0 Å². The largest absolute Gasteiger partial charge is 0.433 e. The van der Waals surface area contributed by atoms with Gasteiger partial charge in [0.15, 0.2) is 22.9 Å². The van der Waals surface area contributed by atoms with Crippen LogP contribution in [0.4, 0.5) is 23.4 Å². The fraction of sp³-hybridized carbons (Fsp3) is 0.0833. The maximum atomic E-state index is 13.8.